The number of hydrogen-bond donors (Lipinski definition) is 1. The van der Waals surface area contributed by atoms with Crippen LogP contribution >= 0.6 is 0 Å². The summed E-state index contributed by atoms with van der Waals surface area (Å²) in [7, 11) is -2.41. The highest BCUT2D eigenvalue weighted by Crippen LogP contribution is 2.29. The summed E-state index contributed by atoms with van der Waals surface area (Å²) in [5.74, 6) is -0.196. The quantitative estimate of drug-likeness (QED) is 0.612. The Bertz CT molecular complexity index is 1030. The SMILES string of the molecule is COc1ccc(C(=O)NCC(c2ccco2)S(=O)(=O)c2ccc(F)cc2)cc1. The molecule has 0 aliphatic heterocycles. The number of rotatable bonds is 7. The minimum Gasteiger partial charge on any atom is -0.497 e. The molecule has 0 fully saturated rings. The molecule has 8 heteroatoms. The molecule has 0 saturated heterocycles. The third-order valence-electron chi connectivity index (χ3n) is 4.18. The van der Waals surface area contributed by atoms with Gasteiger partial charge in [0, 0.05) is 12.1 Å². The number of methoxy groups -OCH3 is 1. The van der Waals surface area contributed by atoms with E-state index in [0.717, 1.165) is 12.1 Å². The maximum absolute atomic E-state index is 13.2. The molecular formula is C20H18FNO5S. The summed E-state index contributed by atoms with van der Waals surface area (Å²) in [6.07, 6.45) is 1.35. The Balaban J connectivity index is 1.83. The molecule has 1 amide bonds. The van der Waals surface area contributed by atoms with Crippen LogP contribution < -0.4 is 10.1 Å². The third kappa shape index (κ3) is 4.23. The lowest BCUT2D eigenvalue weighted by Gasteiger charge is -2.17. The van der Waals surface area contributed by atoms with Crippen LogP contribution in [0.1, 0.15) is 21.4 Å². The molecule has 0 aliphatic rings. The van der Waals surface area contributed by atoms with Crippen LogP contribution in [0.25, 0.3) is 0 Å². The number of halogens is 1. The smallest absolute Gasteiger partial charge is 0.251 e. The number of carbonyl (C=O) groups is 1. The molecular weight excluding hydrogens is 385 g/mol. The van der Waals surface area contributed by atoms with Crippen molar-refractivity contribution in [3.05, 3.63) is 84.1 Å². The lowest BCUT2D eigenvalue weighted by atomic mass is 10.2. The van der Waals surface area contributed by atoms with Crippen LogP contribution in [0.3, 0.4) is 0 Å². The minimum absolute atomic E-state index is 0.0611. The summed E-state index contributed by atoms with van der Waals surface area (Å²) >= 11 is 0. The Hall–Kier alpha value is -3.13. The van der Waals surface area contributed by atoms with Crippen LogP contribution in [-0.2, 0) is 9.84 Å². The monoisotopic (exact) mass is 403 g/mol. The van der Waals surface area contributed by atoms with E-state index in [1.54, 1.807) is 30.3 Å². The molecule has 0 aliphatic carbocycles. The van der Waals surface area contributed by atoms with Crippen molar-refractivity contribution < 1.29 is 26.8 Å². The summed E-state index contributed by atoms with van der Waals surface area (Å²) in [6, 6.07) is 14.0. The van der Waals surface area contributed by atoms with Gasteiger partial charge in [-0.3, -0.25) is 4.79 Å². The van der Waals surface area contributed by atoms with Crippen molar-refractivity contribution in [3.63, 3.8) is 0 Å². The van der Waals surface area contributed by atoms with Crippen molar-refractivity contribution in [1.29, 1.82) is 0 Å². The summed E-state index contributed by atoms with van der Waals surface area (Å²) in [4.78, 5) is 12.3. The predicted molar refractivity (Wildman–Crippen MR) is 100 cm³/mol. The fourth-order valence-electron chi connectivity index (χ4n) is 2.66. The Morgan fingerprint density at radius 3 is 2.36 bits per heavy atom. The van der Waals surface area contributed by atoms with Crippen molar-refractivity contribution in [2.24, 2.45) is 0 Å². The molecule has 0 saturated carbocycles. The highest BCUT2D eigenvalue weighted by atomic mass is 32.2. The van der Waals surface area contributed by atoms with Gasteiger partial charge in [0.05, 0.1) is 18.3 Å². The molecule has 3 aromatic rings. The zero-order valence-electron chi connectivity index (χ0n) is 15.0. The number of ether oxygens (including phenoxy) is 1. The summed E-state index contributed by atoms with van der Waals surface area (Å²) < 4.78 is 49.5. The van der Waals surface area contributed by atoms with E-state index in [2.05, 4.69) is 5.32 Å². The highest BCUT2D eigenvalue weighted by Gasteiger charge is 2.32. The van der Waals surface area contributed by atoms with E-state index in [-0.39, 0.29) is 17.2 Å². The van der Waals surface area contributed by atoms with Crippen LogP contribution in [0.4, 0.5) is 4.39 Å². The van der Waals surface area contributed by atoms with Gasteiger partial charge in [-0.1, -0.05) is 0 Å². The van der Waals surface area contributed by atoms with E-state index < -0.39 is 26.8 Å². The molecule has 0 radical (unpaired) electrons. The van der Waals surface area contributed by atoms with Crippen LogP contribution in [0.2, 0.25) is 0 Å². The fraction of sp³-hybridized carbons (Fsp3) is 0.150. The summed E-state index contributed by atoms with van der Waals surface area (Å²) in [5.41, 5.74) is 0.359. The Morgan fingerprint density at radius 1 is 1.11 bits per heavy atom. The van der Waals surface area contributed by atoms with Crippen molar-refractivity contribution in [3.8, 4) is 5.75 Å². The molecule has 0 bridgehead atoms. The van der Waals surface area contributed by atoms with Gasteiger partial charge < -0.3 is 14.5 Å². The van der Waals surface area contributed by atoms with E-state index in [1.165, 1.54) is 31.6 Å². The van der Waals surface area contributed by atoms with Gasteiger partial charge in [0.1, 0.15) is 22.6 Å². The van der Waals surface area contributed by atoms with Crippen LogP contribution in [0.5, 0.6) is 5.75 Å². The molecule has 28 heavy (non-hydrogen) atoms. The van der Waals surface area contributed by atoms with Crippen LogP contribution in [0.15, 0.2) is 76.2 Å². The van der Waals surface area contributed by atoms with Gasteiger partial charge in [-0.05, 0) is 60.7 Å². The molecule has 2 aromatic carbocycles. The fourth-order valence-corrected chi connectivity index (χ4v) is 4.24. The Labute approximate surface area is 161 Å². The highest BCUT2D eigenvalue weighted by molar-refractivity contribution is 7.91. The molecule has 1 N–H and O–H groups in total. The number of nitrogens with one attached hydrogen (secondary N) is 1. The van der Waals surface area contributed by atoms with E-state index in [4.69, 9.17) is 9.15 Å². The van der Waals surface area contributed by atoms with E-state index in [1.807, 2.05) is 0 Å². The molecule has 1 atom stereocenters. The lowest BCUT2D eigenvalue weighted by Crippen LogP contribution is -2.31. The maximum Gasteiger partial charge on any atom is 0.251 e. The number of benzene rings is 2. The number of sulfone groups is 1. The molecule has 1 aromatic heterocycles. The Morgan fingerprint density at radius 2 is 1.79 bits per heavy atom. The first-order valence-electron chi connectivity index (χ1n) is 8.37. The van der Waals surface area contributed by atoms with Gasteiger partial charge in [-0.2, -0.15) is 0 Å². The van der Waals surface area contributed by atoms with E-state index in [0.29, 0.717) is 11.3 Å². The Kier molecular flexibility index (Phi) is 5.79. The molecule has 3 rings (SSSR count). The van der Waals surface area contributed by atoms with Gasteiger partial charge in [0.15, 0.2) is 9.84 Å². The first kappa shape index (κ1) is 19.6. The average Bonchev–Trinajstić information content (AvgIpc) is 3.22. The van der Waals surface area contributed by atoms with Crippen LogP contribution in [-0.4, -0.2) is 28.0 Å². The third-order valence-corrected chi connectivity index (χ3v) is 6.25. The molecule has 1 heterocycles. The zero-order valence-corrected chi connectivity index (χ0v) is 15.8. The minimum atomic E-state index is -3.92. The van der Waals surface area contributed by atoms with Gasteiger partial charge in [-0.15, -0.1) is 0 Å². The van der Waals surface area contributed by atoms with E-state index >= 15 is 0 Å². The normalized spacial score (nSPS) is 12.4. The van der Waals surface area contributed by atoms with Gasteiger partial charge in [-0.25, -0.2) is 12.8 Å². The van der Waals surface area contributed by atoms with Gasteiger partial charge in [0.25, 0.3) is 5.91 Å². The topological polar surface area (TPSA) is 85.6 Å². The van der Waals surface area contributed by atoms with Gasteiger partial charge in [0.2, 0.25) is 0 Å². The zero-order chi connectivity index (χ0) is 20.1. The molecule has 1 unspecified atom stereocenters. The second-order valence-corrected chi connectivity index (χ2v) is 8.07. The number of furan rings is 1. The largest absolute Gasteiger partial charge is 0.497 e. The second kappa shape index (κ2) is 8.26. The molecule has 0 spiro atoms. The summed E-state index contributed by atoms with van der Waals surface area (Å²) in [5, 5.41) is 1.46. The number of amides is 1. The van der Waals surface area contributed by atoms with Crippen molar-refractivity contribution >= 4 is 15.7 Å². The molecule has 146 valence electrons. The van der Waals surface area contributed by atoms with Crippen molar-refractivity contribution in [2.75, 3.05) is 13.7 Å². The molecule has 6 nitrogen and oxygen atoms in total. The first-order chi connectivity index (χ1) is 13.4. The van der Waals surface area contributed by atoms with E-state index in [9.17, 15) is 17.6 Å². The predicted octanol–water partition coefficient (Wildman–Crippen LogP) is 3.37. The van der Waals surface area contributed by atoms with Crippen LogP contribution in [0, 0.1) is 5.82 Å². The van der Waals surface area contributed by atoms with Gasteiger partial charge >= 0.3 is 0 Å². The standard InChI is InChI=1S/C20H18FNO5S/c1-26-16-8-4-14(5-9-16)20(23)22-13-19(18-3-2-12-27-18)28(24,25)17-10-6-15(21)7-11-17/h2-12,19H,13H2,1H3,(H,22,23). The summed E-state index contributed by atoms with van der Waals surface area (Å²) in [6.45, 7) is -0.210. The first-order valence-corrected chi connectivity index (χ1v) is 9.91. The van der Waals surface area contributed by atoms with Crippen molar-refractivity contribution in [2.45, 2.75) is 10.1 Å². The number of carbonyl (C=O) groups excluding carboxylic acids is 1. The maximum atomic E-state index is 13.2. The average molecular weight is 403 g/mol. The second-order valence-electron chi connectivity index (χ2n) is 5.94. The van der Waals surface area contributed by atoms with Crippen molar-refractivity contribution in [1.82, 2.24) is 5.32 Å². The lowest BCUT2D eigenvalue weighted by molar-refractivity contribution is 0.0953. The number of hydrogen-bond acceptors (Lipinski definition) is 5.